The van der Waals surface area contributed by atoms with Crippen molar-refractivity contribution in [2.45, 2.75) is 37.8 Å². The van der Waals surface area contributed by atoms with Gasteiger partial charge in [-0.2, -0.15) is 0 Å². The molecule has 0 aromatic heterocycles. The lowest BCUT2D eigenvalue weighted by molar-refractivity contribution is 0.130. The Morgan fingerprint density at radius 2 is 2.05 bits per heavy atom. The van der Waals surface area contributed by atoms with Gasteiger partial charge in [-0.3, -0.25) is 0 Å². The molecule has 0 bridgehead atoms. The molecule has 1 saturated heterocycles. The molecule has 1 fully saturated rings. The smallest absolute Gasteiger partial charge is 0.410 e. The number of carbonyl (C=O) groups excluding carboxylic acids is 1. The van der Waals surface area contributed by atoms with Crippen LogP contribution in [0.5, 0.6) is 0 Å². The summed E-state index contributed by atoms with van der Waals surface area (Å²) in [4.78, 5) is 13.4. The molecule has 7 heteroatoms. The number of ether oxygens (including phenoxy) is 1. The monoisotopic (exact) mass is 312 g/mol. The molecule has 1 heterocycles. The summed E-state index contributed by atoms with van der Waals surface area (Å²) in [6.45, 7) is 5.99. The number of cyclic esters (lactones) is 1. The number of aryl methyl sites for hydroxylation is 1. The van der Waals surface area contributed by atoms with Gasteiger partial charge in [0.2, 0.25) is 10.0 Å². The molecular formula is C14H20N2O4S. The van der Waals surface area contributed by atoms with Crippen molar-refractivity contribution in [2.24, 2.45) is 0 Å². The van der Waals surface area contributed by atoms with Crippen LogP contribution in [0.15, 0.2) is 29.2 Å². The minimum Gasteiger partial charge on any atom is -0.443 e. The van der Waals surface area contributed by atoms with E-state index >= 15 is 0 Å². The number of hydrogen-bond acceptors (Lipinski definition) is 4. The summed E-state index contributed by atoms with van der Waals surface area (Å²) in [5.41, 5.74) is 0.678. The summed E-state index contributed by atoms with van der Waals surface area (Å²) in [5.74, 6) is 0. The van der Waals surface area contributed by atoms with Crippen LogP contribution in [0.25, 0.3) is 0 Å². The van der Waals surface area contributed by atoms with Gasteiger partial charge in [0.05, 0.1) is 11.4 Å². The molecule has 1 unspecified atom stereocenters. The van der Waals surface area contributed by atoms with Crippen LogP contribution in [0.1, 0.15) is 19.4 Å². The van der Waals surface area contributed by atoms with Crippen molar-refractivity contribution in [1.82, 2.24) is 9.62 Å². The minimum absolute atomic E-state index is 0.0375. The quantitative estimate of drug-likeness (QED) is 0.894. The highest BCUT2D eigenvalue weighted by molar-refractivity contribution is 7.89. The standard InChI is InChI=1S/C14H20N2O4S/c1-10(2)16-9-12(20-14(16)17)8-15-21(18,19)13-7-5-4-6-11(13)3/h4-7,10,12,15H,8-9H2,1-3H3. The van der Waals surface area contributed by atoms with Crippen molar-refractivity contribution < 1.29 is 17.9 Å². The van der Waals surface area contributed by atoms with E-state index in [-0.39, 0.29) is 17.5 Å². The third kappa shape index (κ3) is 3.54. The van der Waals surface area contributed by atoms with Gasteiger partial charge in [0.25, 0.3) is 0 Å². The molecule has 0 radical (unpaired) electrons. The molecule has 1 aliphatic rings. The lowest BCUT2D eigenvalue weighted by atomic mass is 10.2. The van der Waals surface area contributed by atoms with E-state index in [2.05, 4.69) is 4.72 Å². The SMILES string of the molecule is Cc1ccccc1S(=O)(=O)NCC1CN(C(C)C)C(=O)O1. The summed E-state index contributed by atoms with van der Waals surface area (Å²) in [7, 11) is -3.59. The molecule has 1 N–H and O–H groups in total. The predicted octanol–water partition coefficient (Wildman–Crippen LogP) is 1.50. The normalized spacial score (nSPS) is 19.1. The van der Waals surface area contributed by atoms with Crippen LogP contribution in [0, 0.1) is 6.92 Å². The van der Waals surface area contributed by atoms with Gasteiger partial charge in [0.1, 0.15) is 6.10 Å². The van der Waals surface area contributed by atoms with Gasteiger partial charge in [-0.15, -0.1) is 0 Å². The molecule has 1 atom stereocenters. The van der Waals surface area contributed by atoms with Crippen LogP contribution in [-0.2, 0) is 14.8 Å². The Balaban J connectivity index is 2.01. The van der Waals surface area contributed by atoms with Crippen LogP contribution in [0.2, 0.25) is 0 Å². The Morgan fingerprint density at radius 3 is 2.62 bits per heavy atom. The zero-order chi connectivity index (χ0) is 15.6. The predicted molar refractivity (Wildman–Crippen MR) is 78.5 cm³/mol. The van der Waals surface area contributed by atoms with Crippen molar-refractivity contribution in [2.75, 3.05) is 13.1 Å². The number of rotatable bonds is 5. The van der Waals surface area contributed by atoms with Crippen molar-refractivity contribution >= 4 is 16.1 Å². The molecule has 6 nitrogen and oxygen atoms in total. The highest BCUT2D eigenvalue weighted by Gasteiger charge is 2.33. The summed E-state index contributed by atoms with van der Waals surface area (Å²) >= 11 is 0. The van der Waals surface area contributed by atoms with E-state index in [9.17, 15) is 13.2 Å². The molecule has 0 spiro atoms. The van der Waals surface area contributed by atoms with Gasteiger partial charge in [-0.05, 0) is 32.4 Å². The minimum atomic E-state index is -3.59. The largest absolute Gasteiger partial charge is 0.443 e. The summed E-state index contributed by atoms with van der Waals surface area (Å²) < 4.78 is 32.1. The maximum absolute atomic E-state index is 12.2. The topological polar surface area (TPSA) is 75.7 Å². The van der Waals surface area contributed by atoms with Gasteiger partial charge >= 0.3 is 6.09 Å². The van der Waals surface area contributed by atoms with Gasteiger partial charge in [-0.1, -0.05) is 18.2 Å². The van der Waals surface area contributed by atoms with Gasteiger partial charge in [0.15, 0.2) is 0 Å². The Kier molecular flexibility index (Phi) is 4.53. The number of nitrogens with one attached hydrogen (secondary N) is 1. The summed E-state index contributed by atoms with van der Waals surface area (Å²) in [5, 5.41) is 0. The average Bonchev–Trinajstić information content (AvgIpc) is 2.78. The van der Waals surface area contributed by atoms with Crippen LogP contribution in [0.3, 0.4) is 0 Å². The molecule has 1 amide bonds. The van der Waals surface area contributed by atoms with E-state index < -0.39 is 22.2 Å². The van der Waals surface area contributed by atoms with Crippen LogP contribution >= 0.6 is 0 Å². The Morgan fingerprint density at radius 1 is 1.38 bits per heavy atom. The summed E-state index contributed by atoms with van der Waals surface area (Å²) in [6, 6.07) is 6.80. The van der Waals surface area contributed by atoms with Crippen molar-refractivity contribution in [1.29, 1.82) is 0 Å². The Labute approximate surface area is 125 Å². The van der Waals surface area contributed by atoms with Crippen molar-refractivity contribution in [3.05, 3.63) is 29.8 Å². The number of sulfonamides is 1. The fourth-order valence-corrected chi connectivity index (χ4v) is 3.52. The summed E-state index contributed by atoms with van der Waals surface area (Å²) in [6.07, 6.45) is -0.858. The molecule has 116 valence electrons. The molecule has 2 rings (SSSR count). The second kappa shape index (κ2) is 6.03. The highest BCUT2D eigenvalue weighted by Crippen LogP contribution is 2.16. The maximum Gasteiger partial charge on any atom is 0.410 e. The van der Waals surface area contributed by atoms with Crippen LogP contribution < -0.4 is 4.72 Å². The first-order valence-electron chi connectivity index (χ1n) is 6.84. The number of benzene rings is 1. The highest BCUT2D eigenvalue weighted by atomic mass is 32.2. The lowest BCUT2D eigenvalue weighted by Gasteiger charge is -2.17. The number of hydrogen-bond donors (Lipinski definition) is 1. The second-order valence-corrected chi connectivity index (χ2v) is 7.10. The third-order valence-corrected chi connectivity index (χ3v) is 4.99. The van der Waals surface area contributed by atoms with Crippen LogP contribution in [-0.4, -0.2) is 44.6 Å². The van der Waals surface area contributed by atoms with Gasteiger partial charge in [0, 0.05) is 12.6 Å². The van der Waals surface area contributed by atoms with Crippen molar-refractivity contribution in [3.63, 3.8) is 0 Å². The van der Waals surface area contributed by atoms with E-state index in [0.29, 0.717) is 12.1 Å². The molecule has 21 heavy (non-hydrogen) atoms. The Bertz CT molecular complexity index is 628. The van der Waals surface area contributed by atoms with Crippen molar-refractivity contribution in [3.8, 4) is 0 Å². The molecule has 1 aromatic carbocycles. The molecule has 0 saturated carbocycles. The second-order valence-electron chi connectivity index (χ2n) is 5.37. The van der Waals surface area contributed by atoms with E-state index in [1.807, 2.05) is 13.8 Å². The Hall–Kier alpha value is -1.60. The first kappa shape index (κ1) is 15.8. The van der Waals surface area contributed by atoms with Gasteiger partial charge < -0.3 is 9.64 Å². The lowest BCUT2D eigenvalue weighted by Crippen LogP contribution is -2.36. The van der Waals surface area contributed by atoms with E-state index in [1.165, 1.54) is 0 Å². The third-order valence-electron chi connectivity index (χ3n) is 3.41. The van der Waals surface area contributed by atoms with E-state index in [4.69, 9.17) is 4.74 Å². The zero-order valence-corrected chi connectivity index (χ0v) is 13.2. The molecule has 1 aromatic rings. The fourth-order valence-electron chi connectivity index (χ4n) is 2.21. The average molecular weight is 312 g/mol. The zero-order valence-electron chi connectivity index (χ0n) is 12.4. The fraction of sp³-hybridized carbons (Fsp3) is 0.500. The molecule has 0 aliphatic carbocycles. The molecule has 1 aliphatic heterocycles. The number of carbonyl (C=O) groups is 1. The van der Waals surface area contributed by atoms with E-state index in [1.54, 1.807) is 36.1 Å². The first-order chi connectivity index (χ1) is 9.81. The van der Waals surface area contributed by atoms with Gasteiger partial charge in [-0.25, -0.2) is 17.9 Å². The van der Waals surface area contributed by atoms with Crippen LogP contribution in [0.4, 0.5) is 4.79 Å². The number of amides is 1. The molecular weight excluding hydrogens is 292 g/mol. The first-order valence-corrected chi connectivity index (χ1v) is 8.32. The van der Waals surface area contributed by atoms with E-state index in [0.717, 1.165) is 0 Å². The number of nitrogens with zero attached hydrogens (tertiary/aromatic N) is 1. The maximum atomic E-state index is 12.2.